The van der Waals surface area contributed by atoms with Crippen molar-refractivity contribution in [1.29, 1.82) is 0 Å². The molecule has 6 nitrogen and oxygen atoms in total. The van der Waals surface area contributed by atoms with E-state index in [4.69, 9.17) is 0 Å². The first-order valence-corrected chi connectivity index (χ1v) is 9.54. The molecule has 0 bridgehead atoms. The van der Waals surface area contributed by atoms with Crippen LogP contribution in [0.2, 0.25) is 0 Å². The molecule has 0 spiro atoms. The minimum absolute atomic E-state index is 0.0764. The number of hydrogen-bond acceptors (Lipinski definition) is 5. The second-order valence-corrected chi connectivity index (χ2v) is 8.29. The second kappa shape index (κ2) is 5.93. The number of hydrogen-bond donors (Lipinski definition) is 1. The molecule has 122 valence electrons. The number of aryl methyl sites for hydroxylation is 2. The minimum atomic E-state index is -3.68. The first-order chi connectivity index (χ1) is 10.9. The Labute approximate surface area is 139 Å². The largest absolute Gasteiger partial charge is 0.312 e. The zero-order valence-electron chi connectivity index (χ0n) is 12.9. The number of nitrogens with zero attached hydrogens (tertiary/aromatic N) is 2. The van der Waals surface area contributed by atoms with Gasteiger partial charge in [0.2, 0.25) is 5.91 Å². The maximum Gasteiger partial charge on any atom is 0.263 e. The van der Waals surface area contributed by atoms with Crippen molar-refractivity contribution in [2.24, 2.45) is 0 Å². The minimum Gasteiger partial charge on any atom is -0.312 e. The summed E-state index contributed by atoms with van der Waals surface area (Å²) in [5, 5.41) is 0.360. The molecule has 8 heteroatoms. The molecule has 1 fully saturated rings. The van der Waals surface area contributed by atoms with Gasteiger partial charge >= 0.3 is 0 Å². The first kappa shape index (κ1) is 15.9. The molecule has 3 rings (SSSR count). The van der Waals surface area contributed by atoms with E-state index in [-0.39, 0.29) is 10.8 Å². The molecule has 1 N–H and O–H groups in total. The number of carbonyl (C=O) groups is 1. The monoisotopic (exact) mass is 351 g/mol. The van der Waals surface area contributed by atoms with E-state index in [1.807, 2.05) is 13.8 Å². The fourth-order valence-corrected chi connectivity index (χ4v) is 4.47. The zero-order chi connectivity index (χ0) is 16.6. The highest BCUT2D eigenvalue weighted by Crippen LogP contribution is 2.26. The Bertz CT molecular complexity index is 822. The number of amides is 1. The molecular weight excluding hydrogens is 334 g/mol. The van der Waals surface area contributed by atoms with E-state index in [0.717, 1.165) is 22.7 Å². The predicted molar refractivity (Wildman–Crippen MR) is 90.4 cm³/mol. The maximum absolute atomic E-state index is 12.4. The van der Waals surface area contributed by atoms with Gasteiger partial charge in [0.25, 0.3) is 10.0 Å². The molecular formula is C15H17N3O3S2. The summed E-state index contributed by atoms with van der Waals surface area (Å²) in [6.07, 6.45) is 1.38. The van der Waals surface area contributed by atoms with E-state index in [1.165, 1.54) is 23.5 Å². The van der Waals surface area contributed by atoms with E-state index in [1.54, 1.807) is 17.0 Å². The van der Waals surface area contributed by atoms with Crippen molar-refractivity contribution in [3.8, 4) is 0 Å². The number of sulfonamides is 1. The average Bonchev–Trinajstić information content (AvgIpc) is 3.05. The number of rotatable bonds is 4. The Balaban J connectivity index is 1.81. The Kier molecular flexibility index (Phi) is 4.11. The topological polar surface area (TPSA) is 79.4 Å². The summed E-state index contributed by atoms with van der Waals surface area (Å²) >= 11 is 1.31. The van der Waals surface area contributed by atoms with Crippen molar-refractivity contribution >= 4 is 38.1 Å². The van der Waals surface area contributed by atoms with Crippen molar-refractivity contribution in [2.45, 2.75) is 31.6 Å². The third-order valence-electron chi connectivity index (χ3n) is 3.78. The molecule has 1 aliphatic rings. The normalized spacial score (nSPS) is 15.2. The lowest BCUT2D eigenvalue weighted by Crippen LogP contribution is -2.23. The van der Waals surface area contributed by atoms with Gasteiger partial charge in [0, 0.05) is 23.5 Å². The Hall–Kier alpha value is -1.93. The van der Waals surface area contributed by atoms with Crippen LogP contribution in [0.4, 0.5) is 10.8 Å². The molecule has 23 heavy (non-hydrogen) atoms. The van der Waals surface area contributed by atoms with Gasteiger partial charge in [-0.1, -0.05) is 0 Å². The maximum atomic E-state index is 12.4. The Morgan fingerprint density at radius 3 is 2.43 bits per heavy atom. The van der Waals surface area contributed by atoms with Gasteiger partial charge in [-0.15, -0.1) is 11.3 Å². The highest BCUT2D eigenvalue weighted by molar-refractivity contribution is 7.93. The molecule has 1 aliphatic heterocycles. The van der Waals surface area contributed by atoms with Crippen LogP contribution in [0, 0.1) is 13.8 Å². The highest BCUT2D eigenvalue weighted by atomic mass is 32.2. The molecule has 0 unspecified atom stereocenters. The standard InChI is InChI=1S/C15H17N3O3S2/c1-10-11(2)22-15(16-10)17-23(20,21)13-7-5-12(6-8-13)18-9-3-4-14(18)19/h5-8H,3-4,9H2,1-2H3,(H,16,17). The molecule has 1 aromatic heterocycles. The third-order valence-corrected chi connectivity index (χ3v) is 6.25. The number of benzene rings is 1. The van der Waals surface area contributed by atoms with Crippen LogP contribution in [0.5, 0.6) is 0 Å². The van der Waals surface area contributed by atoms with Gasteiger partial charge in [-0.3, -0.25) is 9.52 Å². The molecule has 2 aromatic rings. The zero-order valence-corrected chi connectivity index (χ0v) is 14.5. The first-order valence-electron chi connectivity index (χ1n) is 7.24. The molecule has 0 aliphatic carbocycles. The predicted octanol–water partition coefficient (Wildman–Crippen LogP) is 2.69. The van der Waals surface area contributed by atoms with Crippen molar-refractivity contribution in [3.63, 3.8) is 0 Å². The molecule has 0 saturated carbocycles. The third kappa shape index (κ3) is 3.23. The van der Waals surface area contributed by atoms with Crippen LogP contribution < -0.4 is 9.62 Å². The summed E-state index contributed by atoms with van der Waals surface area (Å²) in [6, 6.07) is 6.35. The molecule has 1 saturated heterocycles. The van der Waals surface area contributed by atoms with Crippen LogP contribution >= 0.6 is 11.3 Å². The average molecular weight is 351 g/mol. The smallest absolute Gasteiger partial charge is 0.263 e. The van der Waals surface area contributed by atoms with Crippen molar-refractivity contribution < 1.29 is 13.2 Å². The van der Waals surface area contributed by atoms with Crippen LogP contribution in [0.25, 0.3) is 0 Å². The van der Waals surface area contributed by atoms with Gasteiger partial charge in [-0.05, 0) is 44.5 Å². The fraction of sp³-hybridized carbons (Fsp3) is 0.333. The molecule has 0 radical (unpaired) electrons. The quantitative estimate of drug-likeness (QED) is 0.918. The highest BCUT2D eigenvalue weighted by Gasteiger charge is 2.22. The lowest BCUT2D eigenvalue weighted by Gasteiger charge is -2.16. The fourth-order valence-electron chi connectivity index (χ4n) is 2.42. The lowest BCUT2D eigenvalue weighted by molar-refractivity contribution is -0.117. The summed E-state index contributed by atoms with van der Waals surface area (Å²) in [6.45, 7) is 4.42. The summed E-state index contributed by atoms with van der Waals surface area (Å²) in [5.74, 6) is 0.0764. The second-order valence-electron chi connectivity index (χ2n) is 5.41. The van der Waals surface area contributed by atoms with Crippen molar-refractivity contribution in [2.75, 3.05) is 16.2 Å². The van der Waals surface area contributed by atoms with Crippen LogP contribution in [0.1, 0.15) is 23.4 Å². The lowest BCUT2D eigenvalue weighted by atomic mass is 10.3. The SMILES string of the molecule is Cc1nc(NS(=O)(=O)c2ccc(N3CCCC3=O)cc2)sc1C. The van der Waals surface area contributed by atoms with Crippen molar-refractivity contribution in [3.05, 3.63) is 34.8 Å². The number of nitrogens with one attached hydrogen (secondary N) is 1. The number of carbonyl (C=O) groups excluding carboxylic acids is 1. The Morgan fingerprint density at radius 2 is 1.91 bits per heavy atom. The van der Waals surface area contributed by atoms with E-state index in [9.17, 15) is 13.2 Å². The van der Waals surface area contributed by atoms with Gasteiger partial charge < -0.3 is 4.90 Å². The summed E-state index contributed by atoms with van der Waals surface area (Å²) in [4.78, 5) is 18.7. The number of anilines is 2. The van der Waals surface area contributed by atoms with Gasteiger partial charge in [-0.2, -0.15) is 0 Å². The van der Waals surface area contributed by atoms with Crippen LogP contribution in [0.15, 0.2) is 29.2 Å². The molecule has 1 aromatic carbocycles. The van der Waals surface area contributed by atoms with E-state index in [2.05, 4.69) is 9.71 Å². The summed E-state index contributed by atoms with van der Waals surface area (Å²) in [5.41, 5.74) is 1.54. The van der Waals surface area contributed by atoms with Gasteiger partial charge in [0.1, 0.15) is 0 Å². The Morgan fingerprint density at radius 1 is 1.22 bits per heavy atom. The number of thiazole rings is 1. The van der Waals surface area contributed by atoms with E-state index < -0.39 is 10.0 Å². The molecule has 0 atom stereocenters. The molecule has 2 heterocycles. The van der Waals surface area contributed by atoms with Crippen molar-refractivity contribution in [1.82, 2.24) is 4.98 Å². The van der Waals surface area contributed by atoms with Crippen LogP contribution in [-0.4, -0.2) is 25.9 Å². The van der Waals surface area contributed by atoms with Gasteiger partial charge in [0.05, 0.1) is 10.6 Å². The van der Waals surface area contributed by atoms with Crippen LogP contribution in [-0.2, 0) is 14.8 Å². The van der Waals surface area contributed by atoms with E-state index >= 15 is 0 Å². The van der Waals surface area contributed by atoms with E-state index in [0.29, 0.717) is 18.1 Å². The summed E-state index contributed by atoms with van der Waals surface area (Å²) in [7, 11) is -3.68. The van der Waals surface area contributed by atoms with Gasteiger partial charge in [0.15, 0.2) is 5.13 Å². The molecule has 1 amide bonds. The van der Waals surface area contributed by atoms with Crippen LogP contribution in [0.3, 0.4) is 0 Å². The summed E-state index contributed by atoms with van der Waals surface area (Å²) < 4.78 is 27.3. The van der Waals surface area contributed by atoms with Gasteiger partial charge in [-0.25, -0.2) is 13.4 Å². The number of aromatic nitrogens is 1.